The maximum Gasteiger partial charge on any atom is 0.338 e. The van der Waals surface area contributed by atoms with E-state index >= 15 is 0 Å². The molecule has 0 amide bonds. The molecule has 3 nitrogen and oxygen atoms in total. The first-order chi connectivity index (χ1) is 5.95. The van der Waals surface area contributed by atoms with Crippen LogP contribution >= 0.6 is 22.6 Å². The van der Waals surface area contributed by atoms with Crippen molar-refractivity contribution in [1.29, 1.82) is 0 Å². The molecule has 70 valence electrons. The van der Waals surface area contributed by atoms with Gasteiger partial charge in [-0.1, -0.05) is 0 Å². The van der Waals surface area contributed by atoms with Crippen LogP contribution in [0.2, 0.25) is 0 Å². The summed E-state index contributed by atoms with van der Waals surface area (Å²) >= 11 is 1.38. The second-order valence-corrected chi connectivity index (χ2v) is 3.27. The molecular weight excluding hydrogens is 297 g/mol. The predicted molar refractivity (Wildman–Crippen MR) is 47.7 cm³/mol. The highest BCUT2D eigenvalue weighted by Crippen LogP contribution is 2.27. The van der Waals surface area contributed by atoms with Crippen LogP contribution in [0.3, 0.4) is 0 Å². The molecule has 0 radical (unpaired) electrons. The third-order valence-electron chi connectivity index (χ3n) is 1.36. The third-order valence-corrected chi connectivity index (χ3v) is 2.38. The highest BCUT2D eigenvalue weighted by atomic mass is 127. The van der Waals surface area contributed by atoms with Crippen LogP contribution in [0.4, 0.5) is 8.78 Å². The molecule has 2 N–H and O–H groups in total. The summed E-state index contributed by atoms with van der Waals surface area (Å²) in [7, 11) is 0. The second-order valence-electron chi connectivity index (χ2n) is 2.19. The Labute approximate surface area is 85.1 Å². The molecule has 0 spiro atoms. The van der Waals surface area contributed by atoms with Gasteiger partial charge < -0.3 is 10.2 Å². The first-order valence-electron chi connectivity index (χ1n) is 3.05. The van der Waals surface area contributed by atoms with E-state index in [9.17, 15) is 13.6 Å². The van der Waals surface area contributed by atoms with Crippen LogP contribution in [-0.4, -0.2) is 16.2 Å². The number of benzene rings is 1. The van der Waals surface area contributed by atoms with E-state index in [1.54, 1.807) is 0 Å². The lowest BCUT2D eigenvalue weighted by Gasteiger charge is -2.02. The highest BCUT2D eigenvalue weighted by molar-refractivity contribution is 14.1. The Morgan fingerprint density at radius 1 is 1.38 bits per heavy atom. The number of aromatic carboxylic acids is 1. The molecule has 1 aromatic rings. The fraction of sp³-hybridized carbons (Fsp3) is 0. The lowest BCUT2D eigenvalue weighted by molar-refractivity contribution is 0.0690. The number of carboxylic acid groups (broad SMARTS) is 1. The summed E-state index contributed by atoms with van der Waals surface area (Å²) in [6.45, 7) is 0. The van der Waals surface area contributed by atoms with Crippen LogP contribution in [0.15, 0.2) is 6.07 Å². The SMILES string of the molecule is O=C(O)c1cc(O)c(I)c(F)c1F. The number of carboxylic acids is 1. The Balaban J connectivity index is 3.50. The highest BCUT2D eigenvalue weighted by Gasteiger charge is 2.20. The van der Waals surface area contributed by atoms with Crippen LogP contribution in [0.5, 0.6) is 5.75 Å². The van der Waals surface area contributed by atoms with Gasteiger partial charge in [0.05, 0.1) is 3.57 Å². The quantitative estimate of drug-likeness (QED) is 0.616. The van der Waals surface area contributed by atoms with Gasteiger partial charge >= 0.3 is 5.97 Å². The molecule has 0 fully saturated rings. The summed E-state index contributed by atoms with van der Waals surface area (Å²) in [5.74, 6) is -5.02. The summed E-state index contributed by atoms with van der Waals surface area (Å²) in [4.78, 5) is 10.3. The van der Waals surface area contributed by atoms with Crippen LogP contribution in [0.1, 0.15) is 10.4 Å². The van der Waals surface area contributed by atoms with E-state index in [0.717, 1.165) is 0 Å². The van der Waals surface area contributed by atoms with Crippen LogP contribution in [0.25, 0.3) is 0 Å². The van der Waals surface area contributed by atoms with Crippen molar-refractivity contribution in [2.45, 2.75) is 0 Å². The van der Waals surface area contributed by atoms with Gasteiger partial charge in [0.25, 0.3) is 0 Å². The zero-order chi connectivity index (χ0) is 10.2. The van der Waals surface area contributed by atoms with Gasteiger partial charge in [-0.3, -0.25) is 0 Å². The van der Waals surface area contributed by atoms with Crippen LogP contribution < -0.4 is 0 Å². The minimum Gasteiger partial charge on any atom is -0.507 e. The number of aromatic hydroxyl groups is 1. The zero-order valence-corrected chi connectivity index (χ0v) is 8.17. The number of carbonyl (C=O) groups is 1. The standard InChI is InChI=1S/C7H3F2IO3/c8-4-2(7(12)13)1-3(11)6(10)5(4)9/h1,11H,(H,12,13). The van der Waals surface area contributed by atoms with E-state index < -0.39 is 28.9 Å². The fourth-order valence-electron chi connectivity index (χ4n) is 0.746. The average Bonchev–Trinajstić information content (AvgIpc) is 2.07. The molecular formula is C7H3F2IO3. The molecule has 0 aliphatic heterocycles. The molecule has 0 aliphatic carbocycles. The third kappa shape index (κ3) is 1.71. The normalized spacial score (nSPS) is 10.1. The van der Waals surface area contributed by atoms with Crippen LogP contribution in [-0.2, 0) is 0 Å². The molecule has 0 bridgehead atoms. The van der Waals surface area contributed by atoms with E-state index in [4.69, 9.17) is 10.2 Å². The zero-order valence-electron chi connectivity index (χ0n) is 6.01. The number of hydrogen-bond acceptors (Lipinski definition) is 2. The molecule has 0 atom stereocenters. The fourth-order valence-corrected chi connectivity index (χ4v) is 1.14. The Kier molecular flexibility index (Phi) is 2.69. The molecule has 0 aromatic heterocycles. The van der Waals surface area contributed by atoms with Gasteiger partial charge in [-0.05, 0) is 28.7 Å². The first kappa shape index (κ1) is 10.2. The molecule has 0 saturated heterocycles. The summed E-state index contributed by atoms with van der Waals surface area (Å²) in [6.07, 6.45) is 0. The lowest BCUT2D eigenvalue weighted by atomic mass is 10.2. The summed E-state index contributed by atoms with van der Waals surface area (Å²) in [6, 6.07) is 0.669. The first-order valence-corrected chi connectivity index (χ1v) is 4.12. The van der Waals surface area contributed by atoms with Crippen molar-refractivity contribution >= 4 is 28.6 Å². The van der Waals surface area contributed by atoms with Gasteiger partial charge in [-0.25, -0.2) is 13.6 Å². The Morgan fingerprint density at radius 3 is 2.38 bits per heavy atom. The van der Waals surface area contributed by atoms with Gasteiger partial charge in [-0.15, -0.1) is 0 Å². The van der Waals surface area contributed by atoms with Crippen LogP contribution in [0, 0.1) is 15.2 Å². The van der Waals surface area contributed by atoms with E-state index in [1.807, 2.05) is 0 Å². The Hall–Kier alpha value is -0.920. The number of phenols is 1. The molecule has 1 aromatic carbocycles. The minimum atomic E-state index is -1.62. The lowest BCUT2D eigenvalue weighted by Crippen LogP contribution is -2.04. The Bertz CT molecular complexity index is 378. The second kappa shape index (κ2) is 3.44. The van der Waals surface area contributed by atoms with Gasteiger partial charge in [0.2, 0.25) is 0 Å². The van der Waals surface area contributed by atoms with Gasteiger partial charge in [0, 0.05) is 0 Å². The molecule has 0 aliphatic rings. The molecule has 0 heterocycles. The molecule has 1 rings (SSSR count). The Morgan fingerprint density at radius 2 is 1.92 bits per heavy atom. The summed E-state index contributed by atoms with van der Waals surface area (Å²) in [5, 5.41) is 17.4. The maximum atomic E-state index is 12.8. The predicted octanol–water partition coefficient (Wildman–Crippen LogP) is 1.97. The number of rotatable bonds is 1. The number of phenolic OH excluding ortho intramolecular Hbond substituents is 1. The van der Waals surface area contributed by atoms with E-state index in [1.165, 1.54) is 22.6 Å². The topological polar surface area (TPSA) is 57.5 Å². The smallest absolute Gasteiger partial charge is 0.338 e. The van der Waals surface area contributed by atoms with Crippen molar-refractivity contribution in [1.82, 2.24) is 0 Å². The van der Waals surface area contributed by atoms with Gasteiger partial charge in [-0.2, -0.15) is 0 Å². The van der Waals surface area contributed by atoms with E-state index in [-0.39, 0.29) is 3.57 Å². The monoisotopic (exact) mass is 300 g/mol. The number of hydrogen-bond donors (Lipinski definition) is 2. The molecule has 6 heteroatoms. The molecule has 0 unspecified atom stereocenters. The molecule has 13 heavy (non-hydrogen) atoms. The van der Waals surface area contributed by atoms with Crippen molar-refractivity contribution in [3.63, 3.8) is 0 Å². The van der Waals surface area contributed by atoms with Gasteiger partial charge in [0.1, 0.15) is 11.3 Å². The van der Waals surface area contributed by atoms with Crippen molar-refractivity contribution in [3.05, 3.63) is 26.8 Å². The van der Waals surface area contributed by atoms with Crippen molar-refractivity contribution in [3.8, 4) is 5.75 Å². The summed E-state index contributed by atoms with van der Waals surface area (Å²) in [5.41, 5.74) is -0.879. The molecule has 0 saturated carbocycles. The minimum absolute atomic E-state index is 0.333. The largest absolute Gasteiger partial charge is 0.507 e. The van der Waals surface area contributed by atoms with E-state index in [2.05, 4.69) is 0 Å². The summed E-state index contributed by atoms with van der Waals surface area (Å²) < 4.78 is 25.3. The van der Waals surface area contributed by atoms with Crippen molar-refractivity contribution in [2.24, 2.45) is 0 Å². The van der Waals surface area contributed by atoms with Crippen molar-refractivity contribution < 1.29 is 23.8 Å². The maximum absolute atomic E-state index is 12.8. The average molecular weight is 300 g/mol. The number of halogens is 3. The van der Waals surface area contributed by atoms with Gasteiger partial charge in [0.15, 0.2) is 11.6 Å². The van der Waals surface area contributed by atoms with Crippen molar-refractivity contribution in [2.75, 3.05) is 0 Å². The van der Waals surface area contributed by atoms with E-state index in [0.29, 0.717) is 6.07 Å².